The molecule has 1 aromatic rings. The maximum absolute atomic E-state index is 16.0. The fourth-order valence-electron chi connectivity index (χ4n) is 11.9. The summed E-state index contributed by atoms with van der Waals surface area (Å²) in [5.41, 5.74) is 8.11. The van der Waals surface area contributed by atoms with Crippen LogP contribution in [0.3, 0.4) is 0 Å². The van der Waals surface area contributed by atoms with Gasteiger partial charge in [0.1, 0.15) is 5.71 Å². The van der Waals surface area contributed by atoms with E-state index in [1.54, 1.807) is 5.57 Å². The van der Waals surface area contributed by atoms with Crippen LogP contribution in [-0.2, 0) is 0 Å². The quantitative estimate of drug-likeness (QED) is 0.282. The molecule has 1 aromatic heterocycles. The number of aryl methyl sites for hydroxylation is 2. The van der Waals surface area contributed by atoms with Gasteiger partial charge in [-0.25, -0.2) is 0 Å². The second kappa shape index (κ2) is 9.53. The molecule has 0 bridgehead atoms. The molecule has 1 unspecified atom stereocenters. The van der Waals surface area contributed by atoms with Gasteiger partial charge in [0.25, 0.3) is 0 Å². The average molecular weight is 577 g/mol. The van der Waals surface area contributed by atoms with E-state index in [2.05, 4.69) is 26.8 Å². The molecule has 228 valence electrons. The Balaban J connectivity index is 1.15. The predicted molar refractivity (Wildman–Crippen MR) is 168 cm³/mol. The van der Waals surface area contributed by atoms with Crippen molar-refractivity contribution in [3.63, 3.8) is 0 Å². The van der Waals surface area contributed by atoms with E-state index in [9.17, 15) is 5.11 Å². The van der Waals surface area contributed by atoms with Crippen LogP contribution >= 0.6 is 0 Å². The van der Waals surface area contributed by atoms with Crippen molar-refractivity contribution >= 4 is 18.3 Å². The summed E-state index contributed by atoms with van der Waals surface area (Å²) in [6.45, 7) is 11.4. The number of rotatable bonds is 4. The van der Waals surface area contributed by atoms with Crippen molar-refractivity contribution in [3.05, 3.63) is 52.0 Å². The molecular weight excluding hydrogens is 525 g/mol. The van der Waals surface area contributed by atoms with Crippen LogP contribution in [0.25, 0.3) is 5.57 Å². The Bertz CT molecular complexity index is 1460. The summed E-state index contributed by atoms with van der Waals surface area (Å²) >= 11 is 0. The number of aliphatic hydroxyl groups is 1. The first-order valence-corrected chi connectivity index (χ1v) is 16.9. The van der Waals surface area contributed by atoms with Gasteiger partial charge >= 0.3 is 6.97 Å². The van der Waals surface area contributed by atoms with Crippen LogP contribution in [0.2, 0.25) is 0 Å². The van der Waals surface area contributed by atoms with Crippen LogP contribution in [0.4, 0.5) is 8.63 Å². The molecule has 0 amide bonds. The molecule has 0 spiro atoms. The number of fused-ring (bicyclic) bond motifs is 7. The maximum Gasteiger partial charge on any atom is 0.737 e. The number of halogens is 2. The molecule has 3 heterocycles. The van der Waals surface area contributed by atoms with Crippen molar-refractivity contribution < 1.29 is 18.2 Å². The van der Waals surface area contributed by atoms with E-state index in [0.717, 1.165) is 78.0 Å². The van der Waals surface area contributed by atoms with Gasteiger partial charge in [-0.3, -0.25) is 0 Å². The van der Waals surface area contributed by atoms with Crippen molar-refractivity contribution in [1.82, 2.24) is 4.48 Å². The van der Waals surface area contributed by atoms with E-state index >= 15 is 8.63 Å². The molecule has 4 aliphatic carbocycles. The minimum Gasteiger partial charge on any atom is -0.394 e. The summed E-state index contributed by atoms with van der Waals surface area (Å²) < 4.78 is 34.8. The van der Waals surface area contributed by atoms with Gasteiger partial charge in [0, 0.05) is 29.8 Å². The summed E-state index contributed by atoms with van der Waals surface area (Å²) in [6.07, 6.45) is 15.7. The SMILES string of the molecule is CC1=CC(C)=[N+]2C1=C(CC[C@@H](C)[C@H]1CC[C@H]3C4CC=C5C[C@@H](O)CC[C@]5(C)[C@H]4CC[C@]13C)c1c(C)cc(C)n1[B-]2(F)F. The van der Waals surface area contributed by atoms with Gasteiger partial charge < -0.3 is 22.7 Å². The third-order valence-corrected chi connectivity index (χ3v) is 13.7. The van der Waals surface area contributed by atoms with Crippen molar-refractivity contribution in [3.8, 4) is 0 Å². The zero-order chi connectivity index (χ0) is 29.9. The molecule has 7 rings (SSSR count). The van der Waals surface area contributed by atoms with Crippen LogP contribution in [0.5, 0.6) is 0 Å². The lowest BCUT2D eigenvalue weighted by Crippen LogP contribution is -2.51. The standard InChI is InChI=1S/C36H51BF2N2O/c1-21(8-10-29-33-22(2)18-24(4)40(33)37(38,39)41-25(5)19-23(3)34(29)41)30-12-13-31-28-11-9-26-20-27(42)14-16-35(26,6)32(28)15-17-36(30,31)7/h9,18-19,21,27-28,30-32,42H,8,10-17,20H2,1-7H3/t21-,27+,28?,30-,31+,32+,35+,36-/m1/s1. The Labute approximate surface area is 251 Å². The lowest BCUT2D eigenvalue weighted by molar-refractivity contribution is -0.363. The Morgan fingerprint density at radius 2 is 1.83 bits per heavy atom. The van der Waals surface area contributed by atoms with Crippen LogP contribution in [0.1, 0.15) is 116 Å². The normalized spacial score (nSPS) is 39.2. The Kier molecular flexibility index (Phi) is 6.53. The monoisotopic (exact) mass is 576 g/mol. The van der Waals surface area contributed by atoms with E-state index in [1.807, 2.05) is 39.8 Å². The van der Waals surface area contributed by atoms with Gasteiger partial charge in [-0.05, 0) is 143 Å². The van der Waals surface area contributed by atoms with Gasteiger partial charge in [0.05, 0.1) is 6.10 Å². The highest BCUT2D eigenvalue weighted by Gasteiger charge is 2.59. The number of aliphatic hydroxyl groups excluding tert-OH is 1. The molecule has 6 heteroatoms. The zero-order valence-corrected chi connectivity index (χ0v) is 26.9. The highest BCUT2D eigenvalue weighted by molar-refractivity contribution is 6.58. The molecule has 1 N–H and O–H groups in total. The molecular formula is C36H51BF2N2O. The van der Waals surface area contributed by atoms with Crippen LogP contribution < -0.4 is 0 Å². The van der Waals surface area contributed by atoms with E-state index in [0.29, 0.717) is 28.7 Å². The second-order valence-corrected chi connectivity index (χ2v) is 15.8. The number of aromatic nitrogens is 1. The summed E-state index contributed by atoms with van der Waals surface area (Å²) in [7, 11) is 0. The summed E-state index contributed by atoms with van der Waals surface area (Å²) in [5, 5.41) is 10.4. The molecule has 3 saturated carbocycles. The molecule has 0 aromatic carbocycles. The second-order valence-electron chi connectivity index (χ2n) is 15.8. The van der Waals surface area contributed by atoms with E-state index in [4.69, 9.17) is 0 Å². The molecule has 8 atom stereocenters. The average Bonchev–Trinajstić information content (AvgIpc) is 3.54. The lowest BCUT2D eigenvalue weighted by atomic mass is 9.47. The number of nitrogens with zero attached hydrogens (tertiary/aromatic N) is 2. The Hall–Kier alpha value is -1.95. The largest absolute Gasteiger partial charge is 0.737 e. The molecule has 6 aliphatic rings. The minimum absolute atomic E-state index is 0.146. The van der Waals surface area contributed by atoms with Crippen molar-refractivity contribution in [2.24, 2.45) is 40.4 Å². The van der Waals surface area contributed by atoms with Crippen molar-refractivity contribution in [2.45, 2.75) is 119 Å². The molecule has 3 fully saturated rings. The van der Waals surface area contributed by atoms with Gasteiger partial charge in [0.2, 0.25) is 0 Å². The van der Waals surface area contributed by atoms with Crippen LogP contribution in [0.15, 0.2) is 35.1 Å². The molecule has 3 nitrogen and oxygen atoms in total. The topological polar surface area (TPSA) is 28.2 Å². The van der Waals surface area contributed by atoms with Gasteiger partial charge in [-0.15, -0.1) is 0 Å². The summed E-state index contributed by atoms with van der Waals surface area (Å²) in [6, 6.07) is 1.95. The fraction of sp³-hybridized carbons (Fsp3) is 0.694. The number of hydrogen-bond donors (Lipinski definition) is 1. The first-order chi connectivity index (χ1) is 19.8. The maximum atomic E-state index is 16.0. The first kappa shape index (κ1) is 28.8. The van der Waals surface area contributed by atoms with E-state index < -0.39 is 6.97 Å². The van der Waals surface area contributed by atoms with Crippen LogP contribution in [0, 0.1) is 54.3 Å². The predicted octanol–water partition coefficient (Wildman–Crippen LogP) is 8.84. The third kappa shape index (κ3) is 3.81. The fourth-order valence-corrected chi connectivity index (χ4v) is 11.9. The van der Waals surface area contributed by atoms with E-state index in [1.165, 1.54) is 41.1 Å². The number of hydrogen-bond acceptors (Lipinski definition) is 1. The summed E-state index contributed by atoms with van der Waals surface area (Å²) in [5.74, 6) is 3.55. The highest BCUT2D eigenvalue weighted by atomic mass is 19.2. The zero-order valence-electron chi connectivity index (χ0n) is 26.9. The third-order valence-electron chi connectivity index (χ3n) is 13.7. The van der Waals surface area contributed by atoms with Gasteiger partial charge in [-0.1, -0.05) is 32.4 Å². The Morgan fingerprint density at radius 3 is 2.60 bits per heavy atom. The molecule has 42 heavy (non-hydrogen) atoms. The van der Waals surface area contributed by atoms with Crippen LogP contribution in [-0.4, -0.2) is 32.9 Å². The van der Waals surface area contributed by atoms with Crippen molar-refractivity contribution in [1.29, 1.82) is 0 Å². The van der Waals surface area contributed by atoms with E-state index in [-0.39, 0.29) is 11.5 Å². The van der Waals surface area contributed by atoms with Gasteiger partial charge in [0.15, 0.2) is 5.70 Å². The lowest BCUT2D eigenvalue weighted by Gasteiger charge is -2.58. The molecule has 0 saturated heterocycles. The first-order valence-electron chi connectivity index (χ1n) is 16.9. The van der Waals surface area contributed by atoms with Crippen molar-refractivity contribution in [2.75, 3.05) is 0 Å². The Morgan fingerprint density at radius 1 is 1.07 bits per heavy atom. The molecule has 2 aliphatic heterocycles. The van der Waals surface area contributed by atoms with Gasteiger partial charge in [-0.2, -0.15) is 0 Å². The highest BCUT2D eigenvalue weighted by Crippen LogP contribution is 2.67. The summed E-state index contributed by atoms with van der Waals surface area (Å²) in [4.78, 5) is 0. The molecule has 0 radical (unpaired) electrons. The minimum atomic E-state index is -3.90. The smallest absolute Gasteiger partial charge is 0.394 e. The number of allylic oxidation sites excluding steroid dienone is 4.